The van der Waals surface area contributed by atoms with Crippen LogP contribution >= 0.6 is 0 Å². The molecule has 0 aromatic carbocycles. The van der Waals surface area contributed by atoms with E-state index in [1.807, 2.05) is 109 Å². The van der Waals surface area contributed by atoms with Gasteiger partial charge in [-0.25, -0.2) is 28.5 Å². The van der Waals surface area contributed by atoms with Crippen molar-refractivity contribution in [2.45, 2.75) is 78.6 Å². The number of anilines is 3. The van der Waals surface area contributed by atoms with Crippen LogP contribution in [0.3, 0.4) is 0 Å². The quantitative estimate of drug-likeness (QED) is 0.0973. The Morgan fingerprint density at radius 1 is 0.443 bits per heavy atom. The normalized spacial score (nSPS) is 16.2. The van der Waals surface area contributed by atoms with Crippen LogP contribution in [0.1, 0.15) is 95.2 Å². The average molecular weight is 1420 g/mol. The van der Waals surface area contributed by atoms with Gasteiger partial charge in [-0.05, 0) is 132 Å². The number of nitriles is 3. The first-order chi connectivity index (χ1) is 51.9. The van der Waals surface area contributed by atoms with E-state index in [0.717, 1.165) is 99.7 Å². The molecule has 106 heavy (non-hydrogen) atoms. The average Bonchev–Trinajstić information content (AvgIpc) is 1.57. The fourth-order valence-electron chi connectivity index (χ4n) is 14.5. The predicted octanol–water partition coefficient (Wildman–Crippen LogP) is 9.29. The summed E-state index contributed by atoms with van der Waals surface area (Å²) in [6.07, 6.45) is 26.1. The summed E-state index contributed by atoms with van der Waals surface area (Å²) in [6, 6.07) is 24.4. The zero-order chi connectivity index (χ0) is 73.5. The van der Waals surface area contributed by atoms with Gasteiger partial charge in [-0.2, -0.15) is 31.1 Å². The molecule has 0 bridgehead atoms. The lowest BCUT2D eigenvalue weighted by Gasteiger charge is -2.35. The van der Waals surface area contributed by atoms with Crippen LogP contribution in [0.2, 0.25) is 0 Å². The molecule has 6 aliphatic rings. The van der Waals surface area contributed by atoms with E-state index in [0.29, 0.717) is 150 Å². The van der Waals surface area contributed by atoms with E-state index in [1.54, 1.807) is 50.7 Å². The predicted molar refractivity (Wildman–Crippen MR) is 402 cm³/mol. The van der Waals surface area contributed by atoms with Gasteiger partial charge in [0.15, 0.2) is 0 Å². The number of carbonyl (C=O) groups excluding carboxylic acids is 3. The van der Waals surface area contributed by atoms with Crippen molar-refractivity contribution in [3.8, 4) is 104 Å². The van der Waals surface area contributed by atoms with E-state index in [4.69, 9.17) is 29.2 Å². The number of likely N-dealkylation sites (tertiary alicyclic amines) is 1. The summed E-state index contributed by atoms with van der Waals surface area (Å²) in [5.41, 5.74) is 8.88. The molecule has 6 fully saturated rings. The monoisotopic (exact) mass is 1420 g/mol. The van der Waals surface area contributed by atoms with Gasteiger partial charge in [-0.1, -0.05) is 43.4 Å². The first-order valence-corrected chi connectivity index (χ1v) is 36.7. The standard InChI is InChI=1S/C28H30N6O2.C27H28N6O2.C26H27N7O2/c1-2-36-24-16-25(28-23(17-29)19-31-34(28)20-24)22-10-11-26(30-18-22)32-12-14-33(15-13-32)27(35)9-5-8-21-6-3-4-7-21;1-2-35-23-15-24(27-22(16-28)18-30-33(27)19-23)21-8-9-25(29-17-21)31-11-13-32(14-12-31)26(34)10-7-20-5-3-4-6-20;1-3-35-22-12-23(26-21(13-27)15-29-33(26)18-22)20-5-6-24(28-14-20)31-8-10-32(11-9-31)25(34)7-4-19-16-30(2)17-19/h10-11,16,18-21H,2-4,6-8,12-15H2,1H3;8-9,15,17-20H,2-6,11-14H2,1H3;5-6,12,14-15,18-19H,3,8-11,16-17H2,1-2H3. The van der Waals surface area contributed by atoms with E-state index in [-0.39, 0.29) is 17.7 Å². The number of nitrogens with zero attached hydrogens (tertiary/aromatic N) is 19. The molecule has 9 aromatic rings. The Hall–Kier alpha value is -12.2. The summed E-state index contributed by atoms with van der Waals surface area (Å²) in [5.74, 6) is 23.7. The Morgan fingerprint density at radius 3 is 1.10 bits per heavy atom. The van der Waals surface area contributed by atoms with Gasteiger partial charge in [0.1, 0.15) is 52.9 Å². The molecule has 4 aliphatic heterocycles. The highest BCUT2D eigenvalue weighted by atomic mass is 16.5. The molecule has 25 heteroatoms. The molecule has 25 nitrogen and oxygen atoms in total. The van der Waals surface area contributed by atoms with Gasteiger partial charge < -0.3 is 48.5 Å². The lowest BCUT2D eigenvalue weighted by atomic mass is 10.0. The molecule has 540 valence electrons. The maximum Gasteiger partial charge on any atom is 0.298 e. The highest BCUT2D eigenvalue weighted by molar-refractivity contribution is 5.95. The highest BCUT2D eigenvalue weighted by Gasteiger charge is 2.28. The number of rotatable bonds is 13. The van der Waals surface area contributed by atoms with Crippen LogP contribution in [-0.2, 0) is 14.4 Å². The van der Waals surface area contributed by atoms with Crippen LogP contribution in [0.25, 0.3) is 49.9 Å². The van der Waals surface area contributed by atoms with Crippen LogP contribution in [0, 0.1) is 87.3 Å². The molecule has 0 N–H and O–H groups in total. The minimum Gasteiger partial charge on any atom is -0.492 e. The molecule has 0 radical (unpaired) electrons. The maximum atomic E-state index is 12.5. The van der Waals surface area contributed by atoms with Crippen molar-refractivity contribution in [2.24, 2.45) is 17.8 Å². The highest BCUT2D eigenvalue weighted by Crippen LogP contribution is 2.36. The molecular weight excluding hydrogens is 1340 g/mol. The van der Waals surface area contributed by atoms with E-state index in [1.165, 1.54) is 38.5 Å². The third-order valence-electron chi connectivity index (χ3n) is 20.2. The van der Waals surface area contributed by atoms with Gasteiger partial charge in [0, 0.05) is 162 Å². The SMILES string of the molecule is CCOc1cc(-c2ccc(N3CCN(C(=O)C#CC4CCCC4)CC3)nc2)c2c(C#N)cnn2c1.CCOc1cc(-c2ccc(N3CCN(C(=O)C#CC4CN(C)C4)CC3)nc2)c2c(C#N)cnn2c1.CCOc1cc(-c2ccc(N3CCN(C(=O)C#CCC4CCCC4)CC3)nc2)c2c(C#N)cnn2c1. The molecule has 3 amide bonds. The smallest absolute Gasteiger partial charge is 0.298 e. The van der Waals surface area contributed by atoms with Crippen molar-refractivity contribution in [2.75, 3.05) is 133 Å². The van der Waals surface area contributed by atoms with Gasteiger partial charge in [0.2, 0.25) is 0 Å². The second kappa shape index (κ2) is 34.0. The van der Waals surface area contributed by atoms with Crippen LogP contribution < -0.4 is 28.9 Å². The topological polar surface area (TPSA) is 264 Å². The van der Waals surface area contributed by atoms with E-state index in [9.17, 15) is 30.2 Å². The van der Waals surface area contributed by atoms with Crippen LogP contribution in [-0.4, -0.2) is 200 Å². The summed E-state index contributed by atoms with van der Waals surface area (Å²) >= 11 is 0. The van der Waals surface area contributed by atoms with Crippen molar-refractivity contribution in [1.29, 1.82) is 15.8 Å². The molecule has 4 saturated heterocycles. The number of amides is 3. The molecular formula is C81H85N19O6. The second-order valence-corrected chi connectivity index (χ2v) is 27.1. The van der Waals surface area contributed by atoms with E-state index < -0.39 is 0 Å². The first kappa shape index (κ1) is 72.2. The molecule has 15 rings (SSSR count). The number of aromatic nitrogens is 9. The number of pyridine rings is 6. The summed E-state index contributed by atoms with van der Waals surface area (Å²) in [4.78, 5) is 65.8. The number of ether oxygens (including phenoxy) is 3. The Labute approximate surface area is 617 Å². The molecule has 2 saturated carbocycles. The number of carbonyl (C=O) groups is 3. The van der Waals surface area contributed by atoms with E-state index in [2.05, 4.69) is 95.7 Å². The third kappa shape index (κ3) is 16.9. The van der Waals surface area contributed by atoms with Crippen molar-refractivity contribution in [3.63, 3.8) is 0 Å². The zero-order valence-electron chi connectivity index (χ0n) is 60.5. The summed E-state index contributed by atoms with van der Waals surface area (Å²) in [6.45, 7) is 17.4. The lowest BCUT2D eigenvalue weighted by Crippen LogP contribution is -2.49. The van der Waals surface area contributed by atoms with Gasteiger partial charge in [-0.3, -0.25) is 14.4 Å². The van der Waals surface area contributed by atoms with Gasteiger partial charge in [0.05, 0.1) is 90.2 Å². The maximum absolute atomic E-state index is 12.5. The summed E-state index contributed by atoms with van der Waals surface area (Å²) in [7, 11) is 2.06. The fraction of sp³-hybridized carbons (Fsp3) is 0.407. The Balaban J connectivity index is 0.000000141. The van der Waals surface area contributed by atoms with Crippen LogP contribution in [0.5, 0.6) is 17.2 Å². The first-order valence-electron chi connectivity index (χ1n) is 36.7. The van der Waals surface area contributed by atoms with Crippen molar-refractivity contribution < 1.29 is 28.6 Å². The third-order valence-corrected chi connectivity index (χ3v) is 20.2. The van der Waals surface area contributed by atoms with Crippen molar-refractivity contribution in [1.82, 2.24) is 63.4 Å². The Bertz CT molecular complexity index is 4970. The number of piperazine rings is 3. The van der Waals surface area contributed by atoms with E-state index >= 15 is 0 Å². The fourth-order valence-corrected chi connectivity index (χ4v) is 14.5. The lowest BCUT2D eigenvalue weighted by molar-refractivity contribution is -0.126. The molecule has 9 aromatic heterocycles. The van der Waals surface area contributed by atoms with Gasteiger partial charge >= 0.3 is 0 Å². The van der Waals surface area contributed by atoms with Crippen LogP contribution in [0.4, 0.5) is 17.5 Å². The Kier molecular flexibility index (Phi) is 23.1. The molecule has 0 spiro atoms. The molecule has 0 unspecified atom stereocenters. The van der Waals surface area contributed by atoms with Crippen molar-refractivity contribution >= 4 is 51.7 Å². The van der Waals surface area contributed by atoms with Gasteiger partial charge in [-0.15, -0.1) is 0 Å². The largest absolute Gasteiger partial charge is 0.492 e. The number of fused-ring (bicyclic) bond motifs is 3. The summed E-state index contributed by atoms with van der Waals surface area (Å²) in [5, 5.41) is 41.6. The molecule has 0 atom stereocenters. The number of hydrogen-bond acceptors (Lipinski definition) is 19. The minimum atomic E-state index is -0.0881. The van der Waals surface area contributed by atoms with Gasteiger partial charge in [0.25, 0.3) is 17.7 Å². The number of hydrogen-bond donors (Lipinski definition) is 0. The summed E-state index contributed by atoms with van der Waals surface area (Å²) < 4.78 is 22.1. The molecule has 13 heterocycles. The van der Waals surface area contributed by atoms with Crippen LogP contribution in [0.15, 0.2) is 110 Å². The second-order valence-electron chi connectivity index (χ2n) is 27.1. The Morgan fingerprint density at radius 2 is 0.783 bits per heavy atom. The van der Waals surface area contributed by atoms with Crippen molar-refractivity contribution in [3.05, 3.63) is 127 Å². The molecule has 2 aliphatic carbocycles. The zero-order valence-corrected chi connectivity index (χ0v) is 60.5. The minimum absolute atomic E-state index is 0.0628.